The fourth-order valence-electron chi connectivity index (χ4n) is 9.54. The number of amides is 11. The number of nitrogens with two attached hydrogens (primary N) is 8. The Morgan fingerprint density at radius 1 is 0.495 bits per heavy atom. The average Bonchev–Trinajstić information content (AvgIpc) is 1.88. The van der Waals surface area contributed by atoms with Gasteiger partial charge in [0.25, 0.3) is 0 Å². The van der Waals surface area contributed by atoms with Crippen LogP contribution in [0.15, 0.2) is 45.3 Å². The van der Waals surface area contributed by atoms with Gasteiger partial charge < -0.3 is 114 Å². The zero-order chi connectivity index (χ0) is 70.1. The van der Waals surface area contributed by atoms with Crippen molar-refractivity contribution in [3.63, 3.8) is 0 Å². The third-order valence-electron chi connectivity index (χ3n) is 14.2. The van der Waals surface area contributed by atoms with E-state index in [9.17, 15) is 72.9 Å². The number of carboxylic acids is 1. The smallest absolute Gasteiger partial charge is 0.305 e. The van der Waals surface area contributed by atoms with Crippen molar-refractivity contribution >= 4 is 88.8 Å². The lowest BCUT2D eigenvalue weighted by molar-refractivity contribution is -0.144. The van der Waals surface area contributed by atoms with Crippen LogP contribution in [0.4, 0.5) is 0 Å². The van der Waals surface area contributed by atoms with Crippen molar-refractivity contribution in [3.8, 4) is 0 Å². The van der Waals surface area contributed by atoms with E-state index in [0.717, 1.165) is 4.90 Å². The maximum Gasteiger partial charge on any atom is 0.305 e. The number of aliphatic hydroxyl groups excluding tert-OH is 2. The molecule has 0 spiro atoms. The highest BCUT2D eigenvalue weighted by atomic mass is 16.4. The van der Waals surface area contributed by atoms with Crippen molar-refractivity contribution in [2.24, 2.45) is 72.7 Å². The summed E-state index contributed by atoms with van der Waals surface area (Å²) in [5.41, 5.74) is 44.9. The van der Waals surface area contributed by atoms with E-state index in [2.05, 4.69) is 62.8 Å². The zero-order valence-electron chi connectivity index (χ0n) is 53.3. The van der Waals surface area contributed by atoms with Crippen LogP contribution >= 0.6 is 0 Å². The Balaban J connectivity index is 2.40. The molecular formula is C57H97N21O15. The topological polar surface area (TPSA) is 622 Å². The average molecular weight is 1320 g/mol. The molecule has 1 saturated heterocycles. The van der Waals surface area contributed by atoms with Gasteiger partial charge in [0.05, 0.1) is 25.7 Å². The Labute approximate surface area is 538 Å². The maximum atomic E-state index is 14.4. The lowest BCUT2D eigenvalue weighted by atomic mass is 10.00. The molecule has 36 heteroatoms. The number of aliphatic carboxylic acids is 1. The van der Waals surface area contributed by atoms with E-state index in [-0.39, 0.29) is 127 Å². The monoisotopic (exact) mass is 1320 g/mol. The molecule has 1 heterocycles. The molecule has 0 radical (unpaired) electrons. The highest BCUT2D eigenvalue weighted by Gasteiger charge is 2.41. The minimum atomic E-state index is -1.76. The molecule has 28 N–H and O–H groups in total. The Hall–Kier alpha value is -9.45. The van der Waals surface area contributed by atoms with Gasteiger partial charge in [-0.3, -0.25) is 72.5 Å². The van der Waals surface area contributed by atoms with Crippen LogP contribution < -0.4 is 93.7 Å². The Bertz CT molecular complexity index is 2780. The molecule has 11 amide bonds. The summed E-state index contributed by atoms with van der Waals surface area (Å²) < 4.78 is 0. The van der Waals surface area contributed by atoms with Crippen LogP contribution in [-0.2, 0) is 64.0 Å². The molecule has 0 aromatic heterocycles. The molecule has 1 aromatic rings. The number of aliphatic hydroxyl groups is 2. The summed E-state index contributed by atoms with van der Waals surface area (Å²) in [6, 6.07) is -7.22. The van der Waals surface area contributed by atoms with E-state index in [0.29, 0.717) is 5.56 Å². The van der Waals surface area contributed by atoms with Gasteiger partial charge in [0.1, 0.15) is 60.4 Å². The third kappa shape index (κ3) is 30.0. The molecule has 0 bridgehead atoms. The first-order valence-electron chi connectivity index (χ1n) is 30.5. The van der Waals surface area contributed by atoms with Gasteiger partial charge in [0.15, 0.2) is 17.9 Å². The molecule has 1 aliphatic rings. The van der Waals surface area contributed by atoms with Gasteiger partial charge in [-0.1, -0.05) is 58.0 Å². The number of likely N-dealkylation sites (tertiary alicyclic amines) is 1. The third-order valence-corrected chi connectivity index (χ3v) is 14.2. The van der Waals surface area contributed by atoms with E-state index in [1.165, 1.54) is 6.92 Å². The summed E-state index contributed by atoms with van der Waals surface area (Å²) in [5.74, 6) is -13.1. The number of hydrogen-bond acceptors (Lipinski definition) is 18. The van der Waals surface area contributed by atoms with Gasteiger partial charge in [0.2, 0.25) is 65.0 Å². The second-order valence-electron chi connectivity index (χ2n) is 23.2. The molecule has 0 saturated carbocycles. The first-order chi connectivity index (χ1) is 43.8. The summed E-state index contributed by atoms with van der Waals surface area (Å²) >= 11 is 0. The molecule has 1 aliphatic heterocycles. The molecule has 36 nitrogen and oxygen atoms in total. The number of benzene rings is 1. The number of primary amides is 1. The Morgan fingerprint density at radius 2 is 0.860 bits per heavy atom. The Morgan fingerprint density at radius 3 is 1.24 bits per heavy atom. The van der Waals surface area contributed by atoms with E-state index >= 15 is 0 Å². The van der Waals surface area contributed by atoms with Gasteiger partial charge in [0, 0.05) is 32.6 Å². The van der Waals surface area contributed by atoms with E-state index < -0.39 is 157 Å². The molecule has 2 rings (SSSR count). The minimum absolute atomic E-state index is 0.00110. The maximum absolute atomic E-state index is 14.4. The van der Waals surface area contributed by atoms with Crippen LogP contribution in [0, 0.1) is 11.8 Å². The quantitative estimate of drug-likeness (QED) is 0.0164. The van der Waals surface area contributed by atoms with Crippen molar-refractivity contribution in [1.29, 1.82) is 0 Å². The van der Waals surface area contributed by atoms with E-state index in [4.69, 9.17) is 45.9 Å². The van der Waals surface area contributed by atoms with E-state index in [1.807, 2.05) is 0 Å². The predicted octanol–water partition coefficient (Wildman–Crippen LogP) is -7.87. The van der Waals surface area contributed by atoms with Crippen LogP contribution in [0.3, 0.4) is 0 Å². The van der Waals surface area contributed by atoms with Crippen molar-refractivity contribution in [2.75, 3.05) is 39.4 Å². The first-order valence-corrected chi connectivity index (χ1v) is 30.5. The van der Waals surface area contributed by atoms with Crippen molar-refractivity contribution in [1.82, 2.24) is 52.8 Å². The normalized spacial score (nSPS) is 15.9. The SMILES string of the molecule is CC(C)C[C@H](NC(=O)[C@H](CCCN=C(N)N)NC(=O)[C@H](CC(C)C)NC(=O)[C@H](CO)NC(=O)[C@@H]1CCCN1C(=O)[C@H](CO)NC(=O)[C@H](CCCN=C(N)N)NC(=O)[C@H](CC(=O)O)NC(=O)[C@H](C)N)C(=O)N[C@@H](CCCN=C(N)N)C(=O)N[C@@H](Cc1ccccc1)C(N)=O. The number of nitrogens with zero attached hydrogens (tertiary/aromatic N) is 4. The van der Waals surface area contributed by atoms with Gasteiger partial charge >= 0.3 is 5.97 Å². The molecule has 0 aliphatic carbocycles. The number of carbonyl (C=O) groups is 12. The number of rotatable bonds is 42. The minimum Gasteiger partial charge on any atom is -0.481 e. The summed E-state index contributed by atoms with van der Waals surface area (Å²) in [7, 11) is 0. The first kappa shape index (κ1) is 79.6. The van der Waals surface area contributed by atoms with Gasteiger partial charge in [-0.25, -0.2) is 0 Å². The number of carbonyl (C=O) groups excluding carboxylic acids is 11. The number of hydrogen-bond donors (Lipinski definition) is 20. The summed E-state index contributed by atoms with van der Waals surface area (Å²) in [6.45, 7) is 6.12. The van der Waals surface area contributed by atoms with Crippen LogP contribution in [0.2, 0.25) is 0 Å². The van der Waals surface area contributed by atoms with Crippen molar-refractivity contribution in [2.45, 2.75) is 178 Å². The molecule has 0 unspecified atom stereocenters. The second kappa shape index (κ2) is 41.1. The van der Waals surface area contributed by atoms with E-state index in [1.54, 1.807) is 58.0 Å². The molecule has 11 atom stereocenters. The van der Waals surface area contributed by atoms with Gasteiger partial charge in [-0.15, -0.1) is 0 Å². The second-order valence-corrected chi connectivity index (χ2v) is 23.2. The van der Waals surface area contributed by atoms with Crippen molar-refractivity contribution in [3.05, 3.63) is 35.9 Å². The summed E-state index contributed by atoms with van der Waals surface area (Å²) in [4.78, 5) is 176. The summed E-state index contributed by atoms with van der Waals surface area (Å²) in [6.07, 6.45) is -0.784. The summed E-state index contributed by atoms with van der Waals surface area (Å²) in [5, 5.41) is 52.9. The molecule has 1 fully saturated rings. The lowest BCUT2D eigenvalue weighted by Gasteiger charge is -2.30. The molecular weight excluding hydrogens is 1220 g/mol. The number of aliphatic imine (C=N–C) groups is 3. The fourth-order valence-corrected chi connectivity index (χ4v) is 9.54. The lowest BCUT2D eigenvalue weighted by Crippen LogP contribution is -2.61. The van der Waals surface area contributed by atoms with Crippen LogP contribution in [0.1, 0.15) is 111 Å². The molecule has 93 heavy (non-hydrogen) atoms. The van der Waals surface area contributed by atoms with Crippen molar-refractivity contribution < 1.29 is 72.9 Å². The van der Waals surface area contributed by atoms with Gasteiger partial charge in [-0.05, 0) is 88.5 Å². The highest BCUT2D eigenvalue weighted by Crippen LogP contribution is 2.20. The standard InChI is InChI=1S/C57H97N21O15/c1-29(2)23-37(49(88)69-33(15-9-19-66-55(60)61)46(85)72-36(44(59)83)25-32-13-7-6-8-14-32)74-47(86)34(16-10-20-67-56(62)63)70-50(89)38(24-30(3)4)75-52(91)40(27-79)76-53(92)42-18-12-22-78(42)54(93)41(28-80)77-48(87)35(17-11-21-68-57(64)65)71-51(90)39(26-43(81)82)73-45(84)31(5)58/h6-8,13-14,29-31,33-42,79-80H,9-12,15-28,58H2,1-5H3,(H2,59,83)(H,69,88)(H,70,89)(H,71,90)(H,72,85)(H,73,84)(H,74,86)(H,75,91)(H,76,92)(H,77,87)(H,81,82)(H4,60,61,66)(H4,62,63,67)(H4,64,65,68)/t31-,33-,34-,35-,36-,37-,38-,39-,40-,41-,42-/m0/s1. The van der Waals surface area contributed by atoms with Crippen LogP contribution in [0.5, 0.6) is 0 Å². The highest BCUT2D eigenvalue weighted by molar-refractivity contribution is 5.99. The number of guanidine groups is 3. The largest absolute Gasteiger partial charge is 0.481 e. The molecule has 1 aromatic carbocycles. The van der Waals surface area contributed by atoms with Crippen LogP contribution in [-0.4, -0.2) is 215 Å². The fraction of sp³-hybridized carbons (Fsp3) is 0.632. The van der Waals surface area contributed by atoms with Gasteiger partial charge in [-0.2, -0.15) is 0 Å². The number of carboxylic acid groups (broad SMARTS) is 1. The van der Waals surface area contributed by atoms with Crippen LogP contribution in [0.25, 0.3) is 0 Å². The number of nitrogens with one attached hydrogen (secondary N) is 9. The Kier molecular flexibility index (Phi) is 35.2. The molecule has 520 valence electrons. The zero-order valence-corrected chi connectivity index (χ0v) is 53.3. The predicted molar refractivity (Wildman–Crippen MR) is 340 cm³/mol.